The molecule has 13 heteroatoms. The number of halogens is 4. The van der Waals surface area contributed by atoms with Gasteiger partial charge in [-0.3, -0.25) is 4.79 Å². The highest BCUT2D eigenvalue weighted by atomic mass is 19.4. The van der Waals surface area contributed by atoms with Gasteiger partial charge in [-0.15, -0.1) is 13.2 Å². The maximum absolute atomic E-state index is 14.1. The van der Waals surface area contributed by atoms with Crippen LogP contribution in [0, 0.1) is 12.8 Å². The number of anilines is 1. The van der Waals surface area contributed by atoms with E-state index in [0.717, 1.165) is 32.1 Å². The topological polar surface area (TPSA) is 97.8 Å². The molecule has 3 fully saturated rings. The quantitative estimate of drug-likeness (QED) is 0.425. The van der Waals surface area contributed by atoms with Gasteiger partial charge >= 0.3 is 6.36 Å². The molecule has 5 atom stereocenters. The molecule has 0 bridgehead atoms. The van der Waals surface area contributed by atoms with Crippen molar-refractivity contribution >= 4 is 11.7 Å². The van der Waals surface area contributed by atoms with Crippen LogP contribution in [0.1, 0.15) is 61.0 Å². The fourth-order valence-electron chi connectivity index (χ4n) is 6.14. The molecular weight excluding hydrogens is 558 g/mol. The zero-order valence-electron chi connectivity index (χ0n) is 23.7. The van der Waals surface area contributed by atoms with E-state index in [0.29, 0.717) is 56.2 Å². The fourth-order valence-corrected chi connectivity index (χ4v) is 6.14. The molecule has 5 unspecified atom stereocenters. The Kier molecular flexibility index (Phi) is 10.00. The third-order valence-corrected chi connectivity index (χ3v) is 8.49. The van der Waals surface area contributed by atoms with Gasteiger partial charge in [0.25, 0.3) is 5.91 Å². The van der Waals surface area contributed by atoms with Gasteiger partial charge in [0.1, 0.15) is 29.8 Å². The lowest BCUT2D eigenvalue weighted by atomic mass is 9.88. The number of hydrogen-bond donors (Lipinski definition) is 2. The molecule has 0 radical (unpaired) electrons. The van der Waals surface area contributed by atoms with Crippen molar-refractivity contribution in [1.82, 2.24) is 20.2 Å². The molecule has 1 aromatic heterocycles. The summed E-state index contributed by atoms with van der Waals surface area (Å²) >= 11 is 0. The molecular formula is C29H39F4N5O4. The lowest BCUT2D eigenvalue weighted by Crippen LogP contribution is -2.52. The van der Waals surface area contributed by atoms with Crippen LogP contribution < -0.4 is 10.6 Å². The van der Waals surface area contributed by atoms with E-state index in [2.05, 4.69) is 25.3 Å². The zero-order chi connectivity index (χ0) is 29.7. The lowest BCUT2D eigenvalue weighted by molar-refractivity contribution is -0.303. The highest BCUT2D eigenvalue weighted by Crippen LogP contribution is 2.32. The summed E-state index contributed by atoms with van der Waals surface area (Å²) < 4.78 is 67.1. The predicted octanol–water partition coefficient (Wildman–Crippen LogP) is 4.45. The standard InChI is InChI=1S/C29H39F4N5O4/c1-18-26(28(39)38-12-9-20(10-13-38)37-24-11-14-40-16-23(24)30)35-17-36-27(18)34-15-22-3-2-4-25(41-22)19-5-7-21(8-6-19)42-29(31,32)33/h5,7-8,17,19-20,22-25,37H,2-4,6,9-16H2,1H3,(H,34,35,36). The van der Waals surface area contributed by atoms with Gasteiger partial charge in [0.15, 0.2) is 0 Å². The minimum Gasteiger partial charge on any atom is -0.406 e. The molecule has 4 aliphatic rings. The summed E-state index contributed by atoms with van der Waals surface area (Å²) in [6.07, 6.45) is 5.18. The fraction of sp³-hybridized carbons (Fsp3) is 0.690. The first-order valence-corrected chi connectivity index (χ1v) is 14.8. The van der Waals surface area contributed by atoms with Crippen molar-refractivity contribution in [3.05, 3.63) is 41.6 Å². The minimum absolute atomic E-state index is 0.0205. The number of nitrogens with zero attached hydrogens (tertiary/aromatic N) is 3. The van der Waals surface area contributed by atoms with E-state index >= 15 is 0 Å². The van der Waals surface area contributed by atoms with Crippen LogP contribution in [0.2, 0.25) is 0 Å². The van der Waals surface area contributed by atoms with Crippen LogP contribution in [0.15, 0.2) is 30.3 Å². The number of piperidine rings is 1. The van der Waals surface area contributed by atoms with Crippen molar-refractivity contribution in [3.63, 3.8) is 0 Å². The Balaban J connectivity index is 1.10. The lowest BCUT2D eigenvalue weighted by Gasteiger charge is -2.36. The number of nitrogens with one attached hydrogen (secondary N) is 2. The maximum atomic E-state index is 14.1. The molecule has 0 aromatic carbocycles. The smallest absolute Gasteiger partial charge is 0.406 e. The summed E-state index contributed by atoms with van der Waals surface area (Å²) in [5.41, 5.74) is 1.01. The van der Waals surface area contributed by atoms with Crippen molar-refractivity contribution < 1.29 is 36.6 Å². The first-order valence-electron chi connectivity index (χ1n) is 14.8. The van der Waals surface area contributed by atoms with Gasteiger partial charge in [-0.1, -0.05) is 6.08 Å². The highest BCUT2D eigenvalue weighted by Gasteiger charge is 2.34. The number of likely N-dealkylation sites (tertiary alicyclic amines) is 1. The number of ether oxygens (including phenoxy) is 3. The number of carbonyl (C=O) groups is 1. The number of amides is 1. The van der Waals surface area contributed by atoms with Gasteiger partial charge in [0.2, 0.25) is 0 Å². The first-order chi connectivity index (χ1) is 20.2. The summed E-state index contributed by atoms with van der Waals surface area (Å²) in [4.78, 5) is 23.8. The Morgan fingerprint density at radius 1 is 1.17 bits per heavy atom. The minimum atomic E-state index is -4.70. The summed E-state index contributed by atoms with van der Waals surface area (Å²) in [7, 11) is 0. The second kappa shape index (κ2) is 13.7. The monoisotopic (exact) mass is 597 g/mol. The number of allylic oxidation sites excluding steroid dienone is 2. The maximum Gasteiger partial charge on any atom is 0.573 e. The first kappa shape index (κ1) is 30.7. The molecule has 42 heavy (non-hydrogen) atoms. The molecule has 0 spiro atoms. The molecule has 3 aliphatic heterocycles. The Morgan fingerprint density at radius 3 is 2.69 bits per heavy atom. The van der Waals surface area contributed by atoms with Crippen molar-refractivity contribution in [1.29, 1.82) is 0 Å². The van der Waals surface area contributed by atoms with E-state index in [-0.39, 0.29) is 48.5 Å². The van der Waals surface area contributed by atoms with Crippen molar-refractivity contribution in [2.24, 2.45) is 5.92 Å². The molecule has 5 rings (SSSR count). The molecule has 1 amide bonds. The molecule has 9 nitrogen and oxygen atoms in total. The van der Waals surface area contributed by atoms with Crippen LogP contribution in [0.3, 0.4) is 0 Å². The third-order valence-electron chi connectivity index (χ3n) is 8.49. The molecule has 4 heterocycles. The van der Waals surface area contributed by atoms with Crippen molar-refractivity contribution in [2.75, 3.05) is 38.2 Å². The second-order valence-electron chi connectivity index (χ2n) is 11.4. The van der Waals surface area contributed by atoms with Crippen LogP contribution in [-0.2, 0) is 14.2 Å². The van der Waals surface area contributed by atoms with Gasteiger partial charge in [-0.05, 0) is 64.0 Å². The van der Waals surface area contributed by atoms with Crippen LogP contribution in [0.5, 0.6) is 0 Å². The molecule has 232 valence electrons. The zero-order valence-corrected chi connectivity index (χ0v) is 23.7. The van der Waals surface area contributed by atoms with Crippen molar-refractivity contribution in [2.45, 2.75) is 88.7 Å². The number of aromatic nitrogens is 2. The van der Waals surface area contributed by atoms with Crippen LogP contribution in [0.4, 0.5) is 23.4 Å². The van der Waals surface area contributed by atoms with E-state index in [4.69, 9.17) is 9.47 Å². The summed E-state index contributed by atoms with van der Waals surface area (Å²) in [6.45, 7) is 4.12. The van der Waals surface area contributed by atoms with Gasteiger partial charge in [-0.25, -0.2) is 14.4 Å². The Labute approximate surface area is 243 Å². The second-order valence-corrected chi connectivity index (χ2v) is 11.4. The van der Waals surface area contributed by atoms with Crippen molar-refractivity contribution in [3.8, 4) is 0 Å². The molecule has 2 N–H and O–H groups in total. The molecule has 1 aromatic rings. The molecule has 1 aliphatic carbocycles. The number of hydrogen-bond acceptors (Lipinski definition) is 8. The van der Waals surface area contributed by atoms with E-state index in [1.54, 1.807) is 11.0 Å². The average Bonchev–Trinajstić information content (AvgIpc) is 2.98. The van der Waals surface area contributed by atoms with Gasteiger partial charge in [0.05, 0.1) is 18.8 Å². The Bertz CT molecular complexity index is 1140. The number of rotatable bonds is 8. The van der Waals surface area contributed by atoms with Gasteiger partial charge in [0, 0.05) is 49.8 Å². The Hall–Kier alpha value is -2.77. The van der Waals surface area contributed by atoms with E-state index < -0.39 is 12.5 Å². The van der Waals surface area contributed by atoms with Crippen LogP contribution in [-0.4, -0.2) is 90.4 Å². The SMILES string of the molecule is Cc1c(NCC2CCCC(C3C=CC(OC(F)(F)F)=CC3)O2)ncnc1C(=O)N1CCC(NC2CCOCC2F)CC1. The average molecular weight is 598 g/mol. The van der Waals surface area contributed by atoms with E-state index in [1.165, 1.54) is 18.5 Å². The number of alkyl halides is 4. The predicted molar refractivity (Wildman–Crippen MR) is 146 cm³/mol. The van der Waals surface area contributed by atoms with E-state index in [9.17, 15) is 22.4 Å². The van der Waals surface area contributed by atoms with Gasteiger partial charge in [-0.2, -0.15) is 0 Å². The highest BCUT2D eigenvalue weighted by molar-refractivity contribution is 5.94. The normalized spacial score (nSPS) is 29.2. The third kappa shape index (κ3) is 7.99. The van der Waals surface area contributed by atoms with Gasteiger partial charge < -0.3 is 29.7 Å². The van der Waals surface area contributed by atoms with Crippen LogP contribution in [0.25, 0.3) is 0 Å². The largest absolute Gasteiger partial charge is 0.573 e. The Morgan fingerprint density at radius 2 is 1.98 bits per heavy atom. The number of carbonyl (C=O) groups excluding carboxylic acids is 1. The summed E-state index contributed by atoms with van der Waals surface area (Å²) in [5.74, 6) is 0.209. The molecule has 3 saturated heterocycles. The summed E-state index contributed by atoms with van der Waals surface area (Å²) in [6, 6.07) is -0.0392. The summed E-state index contributed by atoms with van der Waals surface area (Å²) in [5, 5.41) is 6.73. The van der Waals surface area contributed by atoms with E-state index in [1.807, 2.05) is 6.92 Å². The molecule has 0 saturated carbocycles. The van der Waals surface area contributed by atoms with Crippen LogP contribution >= 0.6 is 0 Å².